The molecule has 118 valence electrons. The van der Waals surface area contributed by atoms with Gasteiger partial charge in [0.1, 0.15) is 5.69 Å². The van der Waals surface area contributed by atoms with E-state index < -0.39 is 4.92 Å². The summed E-state index contributed by atoms with van der Waals surface area (Å²) in [4.78, 5) is 27.9. The fourth-order valence-corrected chi connectivity index (χ4v) is 1.88. The van der Waals surface area contributed by atoms with Crippen LogP contribution in [0.3, 0.4) is 0 Å². The standard InChI is InChI=1S/C15H15N5O3/c1-19(2)13-4-3-11(9-14(13)20(22)23)10-17-18-15(21)12-5-7-16-8-6-12/h3-10H,1-2H3,(H,18,21)/b17-10+. The zero-order valence-corrected chi connectivity index (χ0v) is 12.6. The van der Waals surface area contributed by atoms with Gasteiger partial charge in [0.05, 0.1) is 11.1 Å². The molecule has 8 nitrogen and oxygen atoms in total. The Balaban J connectivity index is 2.12. The van der Waals surface area contributed by atoms with Gasteiger partial charge in [0, 0.05) is 43.7 Å². The molecular formula is C15H15N5O3. The highest BCUT2D eigenvalue weighted by molar-refractivity contribution is 5.94. The van der Waals surface area contributed by atoms with Crippen LogP contribution in [-0.2, 0) is 0 Å². The normalized spacial score (nSPS) is 10.5. The van der Waals surface area contributed by atoms with Crippen LogP contribution in [0.5, 0.6) is 0 Å². The van der Waals surface area contributed by atoms with Crippen molar-refractivity contribution in [3.05, 3.63) is 64.0 Å². The molecule has 8 heteroatoms. The summed E-state index contributed by atoms with van der Waals surface area (Å²) in [5.41, 5.74) is 3.75. The Morgan fingerprint density at radius 3 is 2.61 bits per heavy atom. The number of carbonyl (C=O) groups excluding carboxylic acids is 1. The maximum Gasteiger partial charge on any atom is 0.293 e. The van der Waals surface area contributed by atoms with Gasteiger partial charge < -0.3 is 4.90 Å². The van der Waals surface area contributed by atoms with E-state index in [9.17, 15) is 14.9 Å². The van der Waals surface area contributed by atoms with E-state index in [1.54, 1.807) is 43.3 Å². The Morgan fingerprint density at radius 1 is 1.30 bits per heavy atom. The fourth-order valence-electron chi connectivity index (χ4n) is 1.88. The number of benzene rings is 1. The average molecular weight is 313 g/mol. The van der Waals surface area contributed by atoms with Crippen molar-refractivity contribution >= 4 is 23.5 Å². The number of nitro benzene ring substituents is 1. The fraction of sp³-hybridized carbons (Fsp3) is 0.133. The van der Waals surface area contributed by atoms with Gasteiger partial charge in [-0.3, -0.25) is 19.9 Å². The highest BCUT2D eigenvalue weighted by atomic mass is 16.6. The number of rotatable bonds is 5. The molecule has 2 aromatic rings. The number of aromatic nitrogens is 1. The van der Waals surface area contributed by atoms with E-state index >= 15 is 0 Å². The smallest absolute Gasteiger partial charge is 0.293 e. The van der Waals surface area contributed by atoms with E-state index in [-0.39, 0.29) is 11.6 Å². The van der Waals surface area contributed by atoms with Crippen molar-refractivity contribution in [2.24, 2.45) is 5.10 Å². The zero-order chi connectivity index (χ0) is 16.8. The van der Waals surface area contributed by atoms with Gasteiger partial charge in [0.15, 0.2) is 0 Å². The molecule has 2 rings (SSSR count). The highest BCUT2D eigenvalue weighted by Gasteiger charge is 2.15. The summed E-state index contributed by atoms with van der Waals surface area (Å²) in [5.74, 6) is -0.386. The largest absolute Gasteiger partial charge is 0.372 e. The quantitative estimate of drug-likeness (QED) is 0.515. The number of nitrogens with one attached hydrogen (secondary N) is 1. The Labute approximate surface area is 132 Å². The first kappa shape index (κ1) is 16.1. The van der Waals surface area contributed by atoms with Gasteiger partial charge >= 0.3 is 0 Å². The van der Waals surface area contributed by atoms with Crippen molar-refractivity contribution in [3.63, 3.8) is 0 Å². The third kappa shape index (κ3) is 4.10. The molecule has 0 saturated heterocycles. The van der Waals surface area contributed by atoms with Crippen LogP contribution in [0, 0.1) is 10.1 Å². The first-order valence-electron chi connectivity index (χ1n) is 6.68. The second-order valence-electron chi connectivity index (χ2n) is 4.83. The number of amides is 1. The van der Waals surface area contributed by atoms with E-state index in [1.807, 2.05) is 0 Å². The van der Waals surface area contributed by atoms with Crippen LogP contribution in [0.2, 0.25) is 0 Å². The molecule has 23 heavy (non-hydrogen) atoms. The first-order valence-corrected chi connectivity index (χ1v) is 6.68. The maximum atomic E-state index is 11.8. The van der Waals surface area contributed by atoms with E-state index in [2.05, 4.69) is 15.5 Å². The lowest BCUT2D eigenvalue weighted by atomic mass is 10.2. The lowest BCUT2D eigenvalue weighted by molar-refractivity contribution is -0.384. The molecule has 1 N–H and O–H groups in total. The molecule has 1 heterocycles. The summed E-state index contributed by atoms with van der Waals surface area (Å²) < 4.78 is 0. The molecule has 1 aromatic carbocycles. The van der Waals surface area contributed by atoms with E-state index in [0.29, 0.717) is 16.8 Å². The zero-order valence-electron chi connectivity index (χ0n) is 12.6. The van der Waals surface area contributed by atoms with E-state index in [0.717, 1.165) is 0 Å². The van der Waals surface area contributed by atoms with E-state index in [4.69, 9.17) is 0 Å². The summed E-state index contributed by atoms with van der Waals surface area (Å²) >= 11 is 0. The van der Waals surface area contributed by atoms with Crippen LogP contribution in [0.1, 0.15) is 15.9 Å². The van der Waals surface area contributed by atoms with Crippen LogP contribution < -0.4 is 10.3 Å². The summed E-state index contributed by atoms with van der Waals surface area (Å²) in [5, 5.41) is 14.9. The Hall–Kier alpha value is -3.29. The van der Waals surface area contributed by atoms with Crippen LogP contribution in [0.25, 0.3) is 0 Å². The lowest BCUT2D eigenvalue weighted by Gasteiger charge is -2.12. The number of hydrogen-bond donors (Lipinski definition) is 1. The molecule has 0 aliphatic carbocycles. The van der Waals surface area contributed by atoms with Crippen LogP contribution >= 0.6 is 0 Å². The Kier molecular flexibility index (Phi) is 4.98. The molecule has 0 atom stereocenters. The third-order valence-electron chi connectivity index (χ3n) is 3.00. The van der Waals surface area contributed by atoms with Crippen molar-refractivity contribution < 1.29 is 9.72 Å². The van der Waals surface area contributed by atoms with Gasteiger partial charge in [0.2, 0.25) is 0 Å². The van der Waals surface area contributed by atoms with Crippen LogP contribution in [-0.4, -0.2) is 36.1 Å². The molecule has 0 saturated carbocycles. The molecule has 0 spiro atoms. The van der Waals surface area contributed by atoms with Crippen molar-refractivity contribution in [1.29, 1.82) is 0 Å². The van der Waals surface area contributed by atoms with Gasteiger partial charge in [-0.25, -0.2) is 5.43 Å². The number of hydrogen-bond acceptors (Lipinski definition) is 6. The number of pyridine rings is 1. The SMILES string of the molecule is CN(C)c1ccc(/C=N/NC(=O)c2ccncc2)cc1[N+](=O)[O-]. The van der Waals surface area contributed by atoms with Gasteiger partial charge in [0.25, 0.3) is 11.6 Å². The predicted octanol–water partition coefficient (Wildman–Crippen LogP) is 1.82. The number of anilines is 1. The Morgan fingerprint density at radius 2 is 2.00 bits per heavy atom. The van der Waals surface area contributed by atoms with Crippen molar-refractivity contribution in [2.45, 2.75) is 0 Å². The molecule has 1 aromatic heterocycles. The summed E-state index contributed by atoms with van der Waals surface area (Å²) in [6, 6.07) is 7.83. The molecule has 1 amide bonds. The Bertz CT molecular complexity index is 744. The van der Waals surface area contributed by atoms with Crippen LogP contribution in [0.4, 0.5) is 11.4 Å². The minimum atomic E-state index is -0.456. The van der Waals surface area contributed by atoms with Crippen LogP contribution in [0.15, 0.2) is 47.8 Å². The van der Waals surface area contributed by atoms with Gasteiger partial charge in [-0.05, 0) is 18.2 Å². The van der Waals surface area contributed by atoms with Gasteiger partial charge in [-0.15, -0.1) is 0 Å². The third-order valence-corrected chi connectivity index (χ3v) is 3.00. The number of carbonyl (C=O) groups is 1. The van der Waals surface area contributed by atoms with Crippen molar-refractivity contribution in [3.8, 4) is 0 Å². The minimum Gasteiger partial charge on any atom is -0.372 e. The van der Waals surface area contributed by atoms with Gasteiger partial charge in [-0.1, -0.05) is 6.07 Å². The second-order valence-corrected chi connectivity index (χ2v) is 4.83. The summed E-state index contributed by atoms with van der Waals surface area (Å²) in [6.45, 7) is 0. The molecule has 0 aliphatic heterocycles. The van der Waals surface area contributed by atoms with Gasteiger partial charge in [-0.2, -0.15) is 5.10 Å². The highest BCUT2D eigenvalue weighted by Crippen LogP contribution is 2.27. The monoisotopic (exact) mass is 313 g/mol. The van der Waals surface area contributed by atoms with Crippen molar-refractivity contribution in [2.75, 3.05) is 19.0 Å². The molecule has 0 aliphatic rings. The topological polar surface area (TPSA) is 101 Å². The molecule has 0 radical (unpaired) electrons. The lowest BCUT2D eigenvalue weighted by Crippen LogP contribution is -2.17. The van der Waals surface area contributed by atoms with Crippen molar-refractivity contribution in [1.82, 2.24) is 10.4 Å². The number of nitro groups is 1. The predicted molar refractivity (Wildman–Crippen MR) is 86.7 cm³/mol. The molecular weight excluding hydrogens is 298 g/mol. The average Bonchev–Trinajstić information content (AvgIpc) is 2.55. The summed E-state index contributed by atoms with van der Waals surface area (Å²) in [6.07, 6.45) is 4.36. The number of hydrazone groups is 1. The molecule has 0 fully saturated rings. The second kappa shape index (κ2) is 7.12. The minimum absolute atomic E-state index is 0.0283. The molecule has 0 unspecified atom stereocenters. The first-order chi connectivity index (χ1) is 11.0. The maximum absolute atomic E-state index is 11.8. The van der Waals surface area contributed by atoms with E-state index in [1.165, 1.54) is 24.7 Å². The number of nitrogens with zero attached hydrogens (tertiary/aromatic N) is 4. The molecule has 0 bridgehead atoms. The summed E-state index contributed by atoms with van der Waals surface area (Å²) in [7, 11) is 3.45.